The highest BCUT2D eigenvalue weighted by Gasteiger charge is 2.40. The van der Waals surface area contributed by atoms with Crippen LogP contribution >= 0.6 is 11.6 Å². The van der Waals surface area contributed by atoms with E-state index in [0.717, 1.165) is 48.6 Å². The highest BCUT2D eigenvalue weighted by atomic mass is 35.5. The molecule has 2 N–H and O–H groups in total. The third-order valence-corrected chi connectivity index (χ3v) is 5.20. The topological polar surface area (TPSA) is 77.9 Å². The maximum Gasteiger partial charge on any atom is 0.204 e. The summed E-state index contributed by atoms with van der Waals surface area (Å²) in [4.78, 5) is 2.44. The Kier molecular flexibility index (Phi) is 3.60. The van der Waals surface area contributed by atoms with Gasteiger partial charge in [-0.3, -0.25) is 4.90 Å². The molecule has 1 saturated heterocycles. The SMILES string of the molecule is OC1C[C@@H]2CN(Cc3ccc(-c4nn[nH]n4)cc3Cl)C[C@@H]2C1. The smallest absolute Gasteiger partial charge is 0.204 e. The summed E-state index contributed by atoms with van der Waals surface area (Å²) in [6, 6.07) is 5.91. The van der Waals surface area contributed by atoms with Crippen molar-refractivity contribution >= 4 is 11.6 Å². The Bertz CT molecular complexity index is 648. The zero-order valence-corrected chi connectivity index (χ0v) is 12.9. The Labute approximate surface area is 133 Å². The summed E-state index contributed by atoms with van der Waals surface area (Å²) >= 11 is 6.42. The molecule has 0 radical (unpaired) electrons. The summed E-state index contributed by atoms with van der Waals surface area (Å²) < 4.78 is 0. The Morgan fingerprint density at radius 3 is 2.68 bits per heavy atom. The highest BCUT2D eigenvalue weighted by molar-refractivity contribution is 6.31. The molecule has 2 fully saturated rings. The Morgan fingerprint density at radius 2 is 2.05 bits per heavy atom. The van der Waals surface area contributed by atoms with Gasteiger partial charge >= 0.3 is 0 Å². The molecule has 6 nitrogen and oxygen atoms in total. The first kappa shape index (κ1) is 14.1. The second kappa shape index (κ2) is 5.61. The number of benzene rings is 1. The number of halogens is 1. The minimum absolute atomic E-state index is 0.0880. The maximum absolute atomic E-state index is 9.72. The number of aliphatic hydroxyl groups is 1. The van der Waals surface area contributed by atoms with Crippen molar-refractivity contribution in [2.45, 2.75) is 25.5 Å². The van der Waals surface area contributed by atoms with Crippen molar-refractivity contribution in [3.8, 4) is 11.4 Å². The Hall–Kier alpha value is -1.50. The molecule has 2 heterocycles. The van der Waals surface area contributed by atoms with Crippen molar-refractivity contribution < 1.29 is 5.11 Å². The normalized spacial score (nSPS) is 28.2. The van der Waals surface area contributed by atoms with Crippen LogP contribution in [0, 0.1) is 11.8 Å². The lowest BCUT2D eigenvalue weighted by molar-refractivity contribution is 0.161. The van der Waals surface area contributed by atoms with Crippen LogP contribution < -0.4 is 0 Å². The predicted molar refractivity (Wildman–Crippen MR) is 82.1 cm³/mol. The average Bonchev–Trinajstić information content (AvgIpc) is 3.17. The largest absolute Gasteiger partial charge is 0.393 e. The van der Waals surface area contributed by atoms with Crippen molar-refractivity contribution in [3.05, 3.63) is 28.8 Å². The maximum atomic E-state index is 9.72. The molecule has 1 aliphatic carbocycles. The summed E-state index contributed by atoms with van der Waals surface area (Å²) in [6.07, 6.45) is 1.81. The van der Waals surface area contributed by atoms with Gasteiger partial charge < -0.3 is 5.11 Å². The van der Waals surface area contributed by atoms with Gasteiger partial charge in [-0.25, -0.2) is 0 Å². The van der Waals surface area contributed by atoms with Crippen molar-refractivity contribution in [2.24, 2.45) is 11.8 Å². The molecule has 1 aromatic carbocycles. The summed E-state index contributed by atoms with van der Waals surface area (Å²) in [6.45, 7) is 2.98. The third kappa shape index (κ3) is 2.62. The van der Waals surface area contributed by atoms with Crippen molar-refractivity contribution in [3.63, 3.8) is 0 Å². The molecular formula is C15H18ClN5O. The minimum Gasteiger partial charge on any atom is -0.393 e. The van der Waals surface area contributed by atoms with Gasteiger partial charge in [0.05, 0.1) is 6.10 Å². The first-order valence-electron chi connectivity index (χ1n) is 7.61. The first-order valence-corrected chi connectivity index (χ1v) is 7.99. The lowest BCUT2D eigenvalue weighted by Gasteiger charge is -2.18. The van der Waals surface area contributed by atoms with Gasteiger partial charge in [0.15, 0.2) is 0 Å². The first-order chi connectivity index (χ1) is 10.7. The molecule has 0 amide bonds. The molecule has 3 atom stereocenters. The number of tetrazole rings is 1. The molecule has 1 aliphatic heterocycles. The van der Waals surface area contributed by atoms with E-state index in [4.69, 9.17) is 11.6 Å². The fraction of sp³-hybridized carbons (Fsp3) is 0.533. The molecule has 22 heavy (non-hydrogen) atoms. The molecule has 4 rings (SSSR count). The van der Waals surface area contributed by atoms with E-state index in [1.54, 1.807) is 0 Å². The number of nitrogens with one attached hydrogen (secondary N) is 1. The highest BCUT2D eigenvalue weighted by Crippen LogP contribution is 2.39. The van der Waals surface area contributed by atoms with Gasteiger partial charge in [0.2, 0.25) is 5.82 Å². The second-order valence-electron chi connectivity index (χ2n) is 6.38. The van der Waals surface area contributed by atoms with Crippen molar-refractivity contribution in [2.75, 3.05) is 13.1 Å². The lowest BCUT2D eigenvalue weighted by atomic mass is 10.0. The van der Waals surface area contributed by atoms with Crippen LogP contribution in [0.2, 0.25) is 5.02 Å². The van der Waals surface area contributed by atoms with Crippen LogP contribution in [-0.2, 0) is 6.54 Å². The summed E-state index contributed by atoms with van der Waals surface area (Å²) in [7, 11) is 0. The fourth-order valence-electron chi connectivity index (χ4n) is 3.83. The summed E-state index contributed by atoms with van der Waals surface area (Å²) in [5, 5.41) is 24.4. The standard InChI is InChI=1S/C15H18ClN5O/c16-14-5-9(15-17-19-20-18-15)1-2-10(14)6-21-7-11-3-13(22)4-12(11)8-21/h1-2,5,11-13,22H,3-4,6-8H2,(H,17,18,19,20)/t11-,12+,13?. The quantitative estimate of drug-likeness (QED) is 0.900. The van der Waals surface area contributed by atoms with Gasteiger partial charge in [0.1, 0.15) is 0 Å². The number of hydrogen-bond donors (Lipinski definition) is 2. The molecule has 0 bridgehead atoms. The Morgan fingerprint density at radius 1 is 1.27 bits per heavy atom. The molecule has 7 heteroatoms. The van der Waals surface area contributed by atoms with Crippen molar-refractivity contribution in [1.82, 2.24) is 25.5 Å². The van der Waals surface area contributed by atoms with E-state index < -0.39 is 0 Å². The number of nitrogens with zero attached hydrogens (tertiary/aromatic N) is 4. The van der Waals surface area contributed by atoms with E-state index in [2.05, 4.69) is 25.5 Å². The van der Waals surface area contributed by atoms with Gasteiger partial charge in [-0.15, -0.1) is 10.2 Å². The summed E-state index contributed by atoms with van der Waals surface area (Å²) in [5.41, 5.74) is 1.98. The van der Waals surface area contributed by atoms with Gasteiger partial charge in [0.25, 0.3) is 0 Å². The van der Waals surface area contributed by atoms with Gasteiger partial charge in [-0.05, 0) is 41.5 Å². The minimum atomic E-state index is -0.0880. The molecular weight excluding hydrogens is 302 g/mol. The van der Waals surface area contributed by atoms with Gasteiger partial charge in [-0.2, -0.15) is 5.21 Å². The molecule has 1 saturated carbocycles. The van der Waals surface area contributed by atoms with Crippen LogP contribution in [0.3, 0.4) is 0 Å². The van der Waals surface area contributed by atoms with Gasteiger partial charge in [0, 0.05) is 30.2 Å². The van der Waals surface area contributed by atoms with Crippen LogP contribution in [0.25, 0.3) is 11.4 Å². The summed E-state index contributed by atoms with van der Waals surface area (Å²) in [5.74, 6) is 1.85. The number of aromatic amines is 1. The number of aromatic nitrogens is 4. The van der Waals surface area contributed by atoms with E-state index in [9.17, 15) is 5.11 Å². The number of fused-ring (bicyclic) bond motifs is 1. The van der Waals surface area contributed by atoms with E-state index in [1.165, 1.54) is 0 Å². The molecule has 1 aromatic heterocycles. The van der Waals surface area contributed by atoms with Crippen LogP contribution in [-0.4, -0.2) is 49.8 Å². The van der Waals surface area contributed by atoms with Gasteiger partial charge in [-0.1, -0.05) is 23.7 Å². The fourth-order valence-corrected chi connectivity index (χ4v) is 4.07. The number of H-pyrrole nitrogens is 1. The molecule has 116 valence electrons. The zero-order valence-electron chi connectivity index (χ0n) is 12.1. The number of likely N-dealkylation sites (tertiary alicyclic amines) is 1. The molecule has 2 aliphatic rings. The third-order valence-electron chi connectivity index (χ3n) is 4.85. The lowest BCUT2D eigenvalue weighted by Crippen LogP contribution is -2.22. The predicted octanol–water partition coefficient (Wildman–Crippen LogP) is 1.72. The van der Waals surface area contributed by atoms with Crippen LogP contribution in [0.5, 0.6) is 0 Å². The average molecular weight is 320 g/mol. The van der Waals surface area contributed by atoms with E-state index in [-0.39, 0.29) is 6.10 Å². The van der Waals surface area contributed by atoms with E-state index >= 15 is 0 Å². The molecule has 2 aromatic rings. The molecule has 0 spiro atoms. The van der Waals surface area contributed by atoms with Crippen LogP contribution in [0.4, 0.5) is 0 Å². The van der Waals surface area contributed by atoms with Crippen LogP contribution in [0.15, 0.2) is 18.2 Å². The molecule has 1 unspecified atom stereocenters. The van der Waals surface area contributed by atoms with E-state index in [0.29, 0.717) is 17.7 Å². The zero-order chi connectivity index (χ0) is 15.1. The van der Waals surface area contributed by atoms with Crippen molar-refractivity contribution in [1.29, 1.82) is 0 Å². The monoisotopic (exact) mass is 319 g/mol. The number of aliphatic hydroxyl groups excluding tert-OH is 1. The Balaban J connectivity index is 1.46. The van der Waals surface area contributed by atoms with E-state index in [1.807, 2.05) is 18.2 Å². The number of rotatable bonds is 3. The number of hydrogen-bond acceptors (Lipinski definition) is 5. The van der Waals surface area contributed by atoms with Crippen LogP contribution in [0.1, 0.15) is 18.4 Å². The second-order valence-corrected chi connectivity index (χ2v) is 6.79.